The summed E-state index contributed by atoms with van der Waals surface area (Å²) in [6, 6.07) is 0. The van der Waals surface area contributed by atoms with E-state index in [-0.39, 0.29) is 0 Å². The van der Waals surface area contributed by atoms with Gasteiger partial charge in [0.2, 0.25) is 5.95 Å². The van der Waals surface area contributed by atoms with Crippen LogP contribution in [0.5, 0.6) is 0 Å². The maximum Gasteiger partial charge on any atom is 0.245 e. The van der Waals surface area contributed by atoms with Crippen molar-refractivity contribution in [3.8, 4) is 0 Å². The van der Waals surface area contributed by atoms with E-state index in [1.165, 1.54) is 6.42 Å². The van der Waals surface area contributed by atoms with Crippen molar-refractivity contribution in [2.75, 3.05) is 18.0 Å². The van der Waals surface area contributed by atoms with Gasteiger partial charge in [0.1, 0.15) is 0 Å². The summed E-state index contributed by atoms with van der Waals surface area (Å²) in [5.74, 6) is 2.92. The lowest BCUT2D eigenvalue weighted by Gasteiger charge is -2.11. The summed E-state index contributed by atoms with van der Waals surface area (Å²) in [6.45, 7) is 8.20. The van der Waals surface area contributed by atoms with Gasteiger partial charge in [0.05, 0.1) is 11.4 Å². The van der Waals surface area contributed by atoms with Crippen LogP contribution in [0, 0.1) is 19.8 Å². The van der Waals surface area contributed by atoms with Crippen molar-refractivity contribution in [1.82, 2.24) is 34.3 Å². The minimum absolute atomic E-state index is 0.638. The first-order chi connectivity index (χ1) is 12.0. The number of anilines is 1. The highest BCUT2D eigenvalue weighted by molar-refractivity contribution is 5.65. The zero-order chi connectivity index (χ0) is 17.6. The third kappa shape index (κ3) is 2.88. The van der Waals surface area contributed by atoms with E-state index in [1.807, 2.05) is 37.6 Å². The summed E-state index contributed by atoms with van der Waals surface area (Å²) < 4.78 is 3.61. The summed E-state index contributed by atoms with van der Waals surface area (Å²) in [5, 5.41) is 9.06. The Morgan fingerprint density at radius 2 is 2.00 bits per heavy atom. The van der Waals surface area contributed by atoms with E-state index < -0.39 is 0 Å². The number of hydrogen-bond donors (Lipinski definition) is 0. The van der Waals surface area contributed by atoms with Crippen molar-refractivity contribution in [3.05, 3.63) is 29.2 Å². The fourth-order valence-corrected chi connectivity index (χ4v) is 3.11. The molecule has 3 aromatic rings. The lowest BCUT2D eigenvalue weighted by atomic mass is 10.2. The second-order valence-corrected chi connectivity index (χ2v) is 6.76. The highest BCUT2D eigenvalue weighted by Gasteiger charge is 2.22. The number of hydrogen-bond acceptors (Lipinski definition) is 6. The van der Waals surface area contributed by atoms with E-state index in [2.05, 4.69) is 37.0 Å². The molecule has 1 aliphatic heterocycles. The van der Waals surface area contributed by atoms with Crippen LogP contribution in [0.3, 0.4) is 0 Å². The molecule has 25 heavy (non-hydrogen) atoms. The number of aryl methyl sites for hydroxylation is 3. The molecule has 1 atom stereocenters. The summed E-state index contributed by atoms with van der Waals surface area (Å²) >= 11 is 0. The van der Waals surface area contributed by atoms with Crippen LogP contribution in [0.1, 0.15) is 36.4 Å². The van der Waals surface area contributed by atoms with Gasteiger partial charge in [-0.3, -0.25) is 4.98 Å². The molecular weight excluding hydrogens is 316 g/mol. The maximum absolute atomic E-state index is 4.65. The molecule has 0 saturated carbocycles. The number of aromatic nitrogens is 7. The summed E-state index contributed by atoms with van der Waals surface area (Å²) in [7, 11) is 1.91. The smallest absolute Gasteiger partial charge is 0.245 e. The van der Waals surface area contributed by atoms with E-state index in [1.54, 1.807) is 10.9 Å². The van der Waals surface area contributed by atoms with E-state index in [4.69, 9.17) is 0 Å². The minimum Gasteiger partial charge on any atom is -0.339 e. The van der Waals surface area contributed by atoms with Crippen molar-refractivity contribution < 1.29 is 0 Å². The van der Waals surface area contributed by atoms with Crippen LogP contribution in [0.25, 0.3) is 17.8 Å². The standard InChI is InChI=1S/C17H22N8/c1-11-7-8-24(10-11)17-20-15(23(4)22-17)6-5-14-19-16-13(3)18-9-12(2)25(16)21-14/h5-6,9,11H,7-8,10H2,1-4H3. The van der Waals surface area contributed by atoms with Crippen molar-refractivity contribution in [1.29, 1.82) is 0 Å². The van der Waals surface area contributed by atoms with Crippen LogP contribution >= 0.6 is 0 Å². The number of fused-ring (bicyclic) bond motifs is 1. The minimum atomic E-state index is 0.638. The van der Waals surface area contributed by atoms with Crippen LogP contribution in [0.4, 0.5) is 5.95 Å². The monoisotopic (exact) mass is 338 g/mol. The Bertz CT molecular complexity index is 912. The molecule has 0 aliphatic carbocycles. The predicted octanol–water partition coefficient (Wildman–Crippen LogP) is 1.89. The Labute approximate surface area is 146 Å². The van der Waals surface area contributed by atoms with Gasteiger partial charge in [-0.25, -0.2) is 14.2 Å². The molecule has 0 N–H and O–H groups in total. The molecule has 1 unspecified atom stereocenters. The lowest BCUT2D eigenvalue weighted by Crippen LogP contribution is -2.20. The van der Waals surface area contributed by atoms with Gasteiger partial charge >= 0.3 is 0 Å². The fraction of sp³-hybridized carbons (Fsp3) is 0.471. The van der Waals surface area contributed by atoms with Crippen molar-refractivity contribution in [2.45, 2.75) is 27.2 Å². The van der Waals surface area contributed by atoms with Gasteiger partial charge in [-0.2, -0.15) is 4.98 Å². The van der Waals surface area contributed by atoms with Crippen LogP contribution in [0.2, 0.25) is 0 Å². The summed E-state index contributed by atoms with van der Waals surface area (Å²) in [5.41, 5.74) is 2.60. The Hall–Kier alpha value is -2.77. The van der Waals surface area contributed by atoms with E-state index in [9.17, 15) is 0 Å². The van der Waals surface area contributed by atoms with Crippen LogP contribution < -0.4 is 4.90 Å². The van der Waals surface area contributed by atoms with Crippen molar-refractivity contribution in [2.24, 2.45) is 13.0 Å². The van der Waals surface area contributed by atoms with E-state index in [0.717, 1.165) is 41.9 Å². The van der Waals surface area contributed by atoms with Gasteiger partial charge in [-0.15, -0.1) is 10.2 Å². The van der Waals surface area contributed by atoms with Crippen molar-refractivity contribution >= 4 is 23.7 Å². The summed E-state index contributed by atoms with van der Waals surface area (Å²) in [6.07, 6.45) is 6.77. The zero-order valence-electron chi connectivity index (χ0n) is 15.0. The number of nitrogens with zero attached hydrogens (tertiary/aromatic N) is 8. The zero-order valence-corrected chi connectivity index (χ0v) is 15.0. The third-order valence-electron chi connectivity index (χ3n) is 4.60. The average molecular weight is 338 g/mol. The predicted molar refractivity (Wildman–Crippen MR) is 96.2 cm³/mol. The van der Waals surface area contributed by atoms with Gasteiger partial charge in [0, 0.05) is 26.3 Å². The Kier molecular flexibility index (Phi) is 3.74. The largest absolute Gasteiger partial charge is 0.339 e. The van der Waals surface area contributed by atoms with Crippen molar-refractivity contribution in [3.63, 3.8) is 0 Å². The SMILES string of the molecule is Cc1ncc(C)n2nc(C=Cc3nc(N4CCC(C)C4)nn3C)nc12. The molecule has 1 fully saturated rings. The second-order valence-electron chi connectivity index (χ2n) is 6.76. The van der Waals surface area contributed by atoms with Crippen LogP contribution in [-0.4, -0.2) is 47.4 Å². The first-order valence-electron chi connectivity index (χ1n) is 8.54. The maximum atomic E-state index is 4.65. The highest BCUT2D eigenvalue weighted by Crippen LogP contribution is 2.21. The van der Waals surface area contributed by atoms with Gasteiger partial charge in [-0.1, -0.05) is 6.92 Å². The molecule has 4 heterocycles. The molecule has 0 spiro atoms. The van der Waals surface area contributed by atoms with Gasteiger partial charge in [0.15, 0.2) is 17.3 Å². The molecule has 0 aromatic carbocycles. The molecule has 8 nitrogen and oxygen atoms in total. The fourth-order valence-electron chi connectivity index (χ4n) is 3.11. The molecular formula is C17H22N8. The molecule has 0 bridgehead atoms. The molecule has 0 radical (unpaired) electrons. The van der Waals surface area contributed by atoms with E-state index in [0.29, 0.717) is 11.7 Å². The Morgan fingerprint density at radius 1 is 1.16 bits per heavy atom. The van der Waals surface area contributed by atoms with Gasteiger partial charge < -0.3 is 4.90 Å². The lowest BCUT2D eigenvalue weighted by molar-refractivity contribution is 0.657. The first kappa shape index (κ1) is 15.7. The van der Waals surface area contributed by atoms with Gasteiger partial charge in [0.25, 0.3) is 0 Å². The van der Waals surface area contributed by atoms with Crippen LogP contribution in [0.15, 0.2) is 6.20 Å². The molecule has 3 aromatic heterocycles. The van der Waals surface area contributed by atoms with E-state index >= 15 is 0 Å². The molecule has 1 saturated heterocycles. The molecule has 1 aliphatic rings. The molecule has 130 valence electrons. The summed E-state index contributed by atoms with van der Waals surface area (Å²) in [4.78, 5) is 15.8. The Morgan fingerprint density at radius 3 is 2.72 bits per heavy atom. The highest BCUT2D eigenvalue weighted by atomic mass is 15.4. The quantitative estimate of drug-likeness (QED) is 0.726. The average Bonchev–Trinajstić information content (AvgIpc) is 3.28. The van der Waals surface area contributed by atoms with Crippen LogP contribution in [-0.2, 0) is 7.05 Å². The first-order valence-corrected chi connectivity index (χ1v) is 8.54. The molecule has 0 amide bonds. The topological polar surface area (TPSA) is 77.0 Å². The Balaban J connectivity index is 1.61. The normalized spacial score (nSPS) is 18.1. The molecule has 8 heteroatoms. The number of rotatable bonds is 3. The third-order valence-corrected chi connectivity index (χ3v) is 4.60. The molecule has 4 rings (SSSR count). The van der Waals surface area contributed by atoms with Gasteiger partial charge in [-0.05, 0) is 38.3 Å². The second kappa shape index (κ2) is 5.94.